The van der Waals surface area contributed by atoms with E-state index in [0.29, 0.717) is 19.6 Å². The molecule has 0 saturated carbocycles. The Hall–Kier alpha value is -2.08. The molecule has 0 spiro atoms. The predicted octanol–water partition coefficient (Wildman–Crippen LogP) is 3.84. The molecular weight excluding hydrogens is 334 g/mol. The van der Waals surface area contributed by atoms with E-state index in [0.717, 1.165) is 16.5 Å². The molecule has 0 amide bonds. The maximum Gasteiger partial charge on any atom is 0.319 e. The van der Waals surface area contributed by atoms with Gasteiger partial charge in [0.1, 0.15) is 5.25 Å². The van der Waals surface area contributed by atoms with E-state index in [1.54, 1.807) is 0 Å². The van der Waals surface area contributed by atoms with E-state index in [-0.39, 0.29) is 16.6 Å². The minimum absolute atomic E-state index is 0.108. The van der Waals surface area contributed by atoms with Gasteiger partial charge in [-0.1, -0.05) is 62.9 Å². The number of thioether (sulfide) groups is 1. The molecule has 1 atom stereocenters. The van der Waals surface area contributed by atoms with Crippen LogP contribution in [0.5, 0.6) is 0 Å². The summed E-state index contributed by atoms with van der Waals surface area (Å²) >= 11 is 1.42. The van der Waals surface area contributed by atoms with Crippen LogP contribution in [0.4, 0.5) is 0 Å². The van der Waals surface area contributed by atoms with Gasteiger partial charge in [-0.05, 0) is 11.0 Å². The van der Waals surface area contributed by atoms with Crippen molar-refractivity contribution in [1.29, 1.82) is 0 Å². The number of hydrogen-bond donors (Lipinski definition) is 0. The molecule has 1 aliphatic heterocycles. The fraction of sp³-hybridized carbons (Fsp3) is 0.421. The molecule has 2 aromatic rings. The number of benzene rings is 1. The van der Waals surface area contributed by atoms with Crippen LogP contribution in [-0.4, -0.2) is 32.6 Å². The molecule has 0 aliphatic carbocycles. The van der Waals surface area contributed by atoms with Gasteiger partial charge in [-0.3, -0.25) is 9.36 Å². The molecule has 132 valence electrons. The predicted molar refractivity (Wildman–Crippen MR) is 99.6 cm³/mol. The van der Waals surface area contributed by atoms with Crippen LogP contribution in [0, 0.1) is 0 Å². The molecule has 1 aromatic heterocycles. The quantitative estimate of drug-likeness (QED) is 0.601. The number of rotatable bonds is 5. The summed E-state index contributed by atoms with van der Waals surface area (Å²) in [6, 6.07) is 8.40. The second-order valence-electron chi connectivity index (χ2n) is 7.10. The molecule has 6 heteroatoms. The summed E-state index contributed by atoms with van der Waals surface area (Å²) < 4.78 is 7.03. The van der Waals surface area contributed by atoms with Gasteiger partial charge in [0, 0.05) is 18.5 Å². The van der Waals surface area contributed by atoms with E-state index in [1.807, 2.05) is 10.6 Å². The summed E-state index contributed by atoms with van der Waals surface area (Å²) in [6.45, 7) is 11.5. The number of hydrogen-bond acceptors (Lipinski definition) is 5. The van der Waals surface area contributed by atoms with Crippen LogP contribution in [0.15, 0.2) is 42.1 Å². The van der Waals surface area contributed by atoms with E-state index < -0.39 is 0 Å². The minimum Gasteiger partial charge on any atom is -0.465 e. The Morgan fingerprint density at radius 2 is 2.04 bits per heavy atom. The average Bonchev–Trinajstić information content (AvgIpc) is 3.15. The van der Waals surface area contributed by atoms with Gasteiger partial charge >= 0.3 is 5.97 Å². The van der Waals surface area contributed by atoms with Crippen molar-refractivity contribution in [3.8, 4) is 11.4 Å². The van der Waals surface area contributed by atoms with Gasteiger partial charge in [0.25, 0.3) is 0 Å². The molecule has 0 N–H and O–H groups in total. The Morgan fingerprint density at radius 3 is 2.60 bits per heavy atom. The summed E-state index contributed by atoms with van der Waals surface area (Å²) in [4.78, 5) is 11.7. The number of carbonyl (C=O) groups excluding carboxylic acids is 1. The smallest absolute Gasteiger partial charge is 0.319 e. The third kappa shape index (κ3) is 3.79. The van der Waals surface area contributed by atoms with Crippen molar-refractivity contribution >= 4 is 17.7 Å². The Kier molecular flexibility index (Phi) is 4.99. The summed E-state index contributed by atoms with van der Waals surface area (Å²) in [6.07, 6.45) is 2.52. The molecule has 0 bridgehead atoms. The summed E-state index contributed by atoms with van der Waals surface area (Å²) in [5.41, 5.74) is 2.38. The van der Waals surface area contributed by atoms with E-state index >= 15 is 0 Å². The third-order valence-corrected chi connectivity index (χ3v) is 5.40. The molecule has 1 aromatic carbocycles. The SMILES string of the molecule is C=CCn1c(S[C@@H]2CCOC2=O)nnc1-c1ccc(C(C)(C)C)cc1. The molecule has 3 rings (SSSR count). The Labute approximate surface area is 152 Å². The topological polar surface area (TPSA) is 57.0 Å². The number of esters is 1. The summed E-state index contributed by atoms with van der Waals surface area (Å²) in [5.74, 6) is 0.614. The lowest BCUT2D eigenvalue weighted by Gasteiger charge is -2.19. The largest absolute Gasteiger partial charge is 0.465 e. The van der Waals surface area contributed by atoms with E-state index in [1.165, 1.54) is 17.3 Å². The van der Waals surface area contributed by atoms with E-state index in [4.69, 9.17) is 4.74 Å². The standard InChI is InChI=1S/C19H23N3O2S/c1-5-11-22-16(13-6-8-14(9-7-13)19(2,3)4)20-21-18(22)25-15-10-12-24-17(15)23/h5-9,15H,1,10-12H2,2-4H3/t15-/m1/s1. The third-order valence-electron chi connectivity index (χ3n) is 4.17. The highest BCUT2D eigenvalue weighted by atomic mass is 32.2. The first-order valence-electron chi connectivity index (χ1n) is 8.38. The molecule has 0 unspecified atom stereocenters. The first kappa shape index (κ1) is 17.7. The second kappa shape index (κ2) is 7.04. The number of carbonyl (C=O) groups is 1. The highest BCUT2D eigenvalue weighted by molar-refractivity contribution is 8.00. The fourth-order valence-electron chi connectivity index (χ4n) is 2.71. The van der Waals surface area contributed by atoms with Crippen molar-refractivity contribution in [3.63, 3.8) is 0 Å². The van der Waals surface area contributed by atoms with Crippen LogP contribution < -0.4 is 0 Å². The highest BCUT2D eigenvalue weighted by Crippen LogP contribution is 2.32. The van der Waals surface area contributed by atoms with Crippen molar-refractivity contribution in [2.45, 2.75) is 49.6 Å². The first-order valence-corrected chi connectivity index (χ1v) is 9.26. The normalized spacial score (nSPS) is 17.6. The van der Waals surface area contributed by atoms with Crippen LogP contribution in [0.1, 0.15) is 32.8 Å². The zero-order valence-electron chi connectivity index (χ0n) is 14.9. The number of aromatic nitrogens is 3. The van der Waals surface area contributed by atoms with E-state index in [2.05, 4.69) is 61.8 Å². The Balaban J connectivity index is 1.91. The fourth-order valence-corrected chi connectivity index (χ4v) is 3.72. The Bertz CT molecular complexity index is 775. The monoisotopic (exact) mass is 357 g/mol. The highest BCUT2D eigenvalue weighted by Gasteiger charge is 2.30. The van der Waals surface area contributed by atoms with E-state index in [9.17, 15) is 4.79 Å². The zero-order chi connectivity index (χ0) is 18.0. The van der Waals surface area contributed by atoms with Crippen LogP contribution in [0.2, 0.25) is 0 Å². The number of cyclic esters (lactones) is 1. The number of ether oxygens (including phenoxy) is 1. The van der Waals surface area contributed by atoms with Gasteiger partial charge in [-0.25, -0.2) is 0 Å². The van der Waals surface area contributed by atoms with Crippen LogP contribution in [-0.2, 0) is 21.5 Å². The molecule has 1 fully saturated rings. The molecule has 1 saturated heterocycles. The summed E-state index contributed by atoms with van der Waals surface area (Å²) in [7, 11) is 0. The molecule has 5 nitrogen and oxygen atoms in total. The number of allylic oxidation sites excluding steroid dienone is 1. The molecule has 2 heterocycles. The lowest BCUT2D eigenvalue weighted by Crippen LogP contribution is -2.12. The van der Waals surface area contributed by atoms with Crippen LogP contribution in [0.3, 0.4) is 0 Å². The maximum atomic E-state index is 11.7. The average molecular weight is 357 g/mol. The summed E-state index contributed by atoms with van der Waals surface area (Å²) in [5, 5.41) is 9.17. The second-order valence-corrected chi connectivity index (χ2v) is 8.27. The van der Waals surface area contributed by atoms with Crippen molar-refractivity contribution in [2.75, 3.05) is 6.61 Å². The zero-order valence-corrected chi connectivity index (χ0v) is 15.7. The molecule has 1 aliphatic rings. The maximum absolute atomic E-state index is 11.7. The molecule has 25 heavy (non-hydrogen) atoms. The van der Waals surface area contributed by atoms with Gasteiger partial charge in [0.05, 0.1) is 6.61 Å². The van der Waals surface area contributed by atoms with Gasteiger partial charge in [0.15, 0.2) is 11.0 Å². The van der Waals surface area contributed by atoms with Gasteiger partial charge in [-0.2, -0.15) is 0 Å². The van der Waals surface area contributed by atoms with Crippen molar-refractivity contribution in [2.24, 2.45) is 0 Å². The van der Waals surface area contributed by atoms with Crippen molar-refractivity contribution in [1.82, 2.24) is 14.8 Å². The lowest BCUT2D eigenvalue weighted by atomic mass is 9.87. The molecule has 0 radical (unpaired) electrons. The number of nitrogens with zero attached hydrogens (tertiary/aromatic N) is 3. The van der Waals surface area contributed by atoms with Crippen molar-refractivity contribution < 1.29 is 9.53 Å². The van der Waals surface area contributed by atoms with Gasteiger partial charge in [-0.15, -0.1) is 16.8 Å². The first-order chi connectivity index (χ1) is 11.9. The van der Waals surface area contributed by atoms with Crippen molar-refractivity contribution in [3.05, 3.63) is 42.5 Å². The molecular formula is C19H23N3O2S. The van der Waals surface area contributed by atoms with Crippen LogP contribution >= 0.6 is 11.8 Å². The van der Waals surface area contributed by atoms with Crippen LogP contribution in [0.25, 0.3) is 11.4 Å². The van der Waals surface area contributed by atoms with Gasteiger partial charge < -0.3 is 4.74 Å². The van der Waals surface area contributed by atoms with Gasteiger partial charge in [0.2, 0.25) is 0 Å². The minimum atomic E-state index is -0.205. The Morgan fingerprint density at radius 1 is 1.32 bits per heavy atom. The lowest BCUT2D eigenvalue weighted by molar-refractivity contribution is -0.137.